The number of rotatable bonds is 5. The highest BCUT2D eigenvalue weighted by Gasteiger charge is 2.23. The zero-order valence-corrected chi connectivity index (χ0v) is 11.9. The third-order valence-corrected chi connectivity index (χ3v) is 4.08. The molecular weight excluding hydrogens is 246 g/mol. The molecule has 0 radical (unpaired) electrons. The summed E-state index contributed by atoms with van der Waals surface area (Å²) in [5.41, 5.74) is 1.17. The van der Waals surface area contributed by atoms with Crippen molar-refractivity contribution in [2.24, 2.45) is 5.92 Å². The van der Waals surface area contributed by atoms with E-state index in [0.29, 0.717) is 6.04 Å². The van der Waals surface area contributed by atoms with Crippen molar-refractivity contribution in [1.82, 2.24) is 0 Å². The molecule has 2 nitrogen and oxygen atoms in total. The zero-order valence-electron chi connectivity index (χ0n) is 11.9. The first kappa shape index (κ1) is 13.0. The molecular formula is C18H21NO. The Hall–Kier alpha value is -1.96. The topological polar surface area (TPSA) is 21.3 Å². The van der Waals surface area contributed by atoms with Crippen molar-refractivity contribution in [1.29, 1.82) is 0 Å². The first-order valence-corrected chi connectivity index (χ1v) is 7.41. The van der Waals surface area contributed by atoms with Gasteiger partial charge in [0.05, 0.1) is 0 Å². The van der Waals surface area contributed by atoms with Gasteiger partial charge in [0.15, 0.2) is 0 Å². The second-order valence-corrected chi connectivity index (χ2v) is 5.56. The van der Waals surface area contributed by atoms with Crippen LogP contribution in [0.15, 0.2) is 54.6 Å². The maximum absolute atomic E-state index is 5.79. The van der Waals surface area contributed by atoms with Gasteiger partial charge in [-0.25, -0.2) is 0 Å². The summed E-state index contributed by atoms with van der Waals surface area (Å²) < 4.78 is 5.79. The number of hydrogen-bond donors (Lipinski definition) is 1. The molecule has 2 aromatic rings. The number of para-hydroxylation sites is 1. The van der Waals surface area contributed by atoms with Crippen LogP contribution in [0.3, 0.4) is 0 Å². The van der Waals surface area contributed by atoms with Crippen molar-refractivity contribution in [3.05, 3.63) is 54.6 Å². The maximum Gasteiger partial charge on any atom is 0.127 e. The van der Waals surface area contributed by atoms with Gasteiger partial charge in [-0.3, -0.25) is 0 Å². The molecule has 1 aliphatic rings. The normalized spacial score (nSPS) is 16.2. The molecule has 1 saturated carbocycles. The predicted molar refractivity (Wildman–Crippen MR) is 83.4 cm³/mol. The molecule has 0 bridgehead atoms. The lowest BCUT2D eigenvalue weighted by Gasteiger charge is -2.32. The van der Waals surface area contributed by atoms with Crippen LogP contribution in [-0.2, 0) is 0 Å². The van der Waals surface area contributed by atoms with Gasteiger partial charge in [-0.15, -0.1) is 0 Å². The van der Waals surface area contributed by atoms with Crippen molar-refractivity contribution >= 4 is 5.69 Å². The molecule has 0 aliphatic heterocycles. The van der Waals surface area contributed by atoms with Gasteiger partial charge >= 0.3 is 0 Å². The van der Waals surface area contributed by atoms with E-state index in [2.05, 4.69) is 24.4 Å². The second kappa shape index (κ2) is 6.00. The van der Waals surface area contributed by atoms with Crippen molar-refractivity contribution in [3.63, 3.8) is 0 Å². The molecule has 0 amide bonds. The number of hydrogen-bond acceptors (Lipinski definition) is 2. The van der Waals surface area contributed by atoms with Gasteiger partial charge < -0.3 is 10.1 Å². The van der Waals surface area contributed by atoms with Gasteiger partial charge in [-0.1, -0.05) is 24.6 Å². The molecule has 104 valence electrons. The van der Waals surface area contributed by atoms with E-state index in [4.69, 9.17) is 4.74 Å². The molecule has 1 fully saturated rings. The van der Waals surface area contributed by atoms with Crippen LogP contribution in [-0.4, -0.2) is 6.04 Å². The number of anilines is 1. The van der Waals surface area contributed by atoms with Crippen LogP contribution in [0.4, 0.5) is 5.69 Å². The third kappa shape index (κ3) is 3.13. The molecule has 20 heavy (non-hydrogen) atoms. The maximum atomic E-state index is 5.79. The Balaban J connectivity index is 1.59. The highest BCUT2D eigenvalue weighted by Crippen LogP contribution is 2.31. The fourth-order valence-corrected chi connectivity index (χ4v) is 2.56. The lowest BCUT2D eigenvalue weighted by Crippen LogP contribution is -2.30. The van der Waals surface area contributed by atoms with E-state index in [1.54, 1.807) is 0 Å². The van der Waals surface area contributed by atoms with Crippen molar-refractivity contribution < 1.29 is 4.74 Å². The lowest BCUT2D eigenvalue weighted by molar-refractivity contribution is 0.285. The molecule has 2 aromatic carbocycles. The molecule has 2 heteroatoms. The summed E-state index contributed by atoms with van der Waals surface area (Å²) in [6, 6.07) is 18.6. The van der Waals surface area contributed by atoms with Crippen LogP contribution in [0.25, 0.3) is 0 Å². The molecule has 0 spiro atoms. The zero-order chi connectivity index (χ0) is 13.8. The fraction of sp³-hybridized carbons (Fsp3) is 0.333. The molecule has 1 N–H and O–H groups in total. The van der Waals surface area contributed by atoms with Gasteiger partial charge in [0.1, 0.15) is 11.5 Å². The van der Waals surface area contributed by atoms with Gasteiger partial charge in [0, 0.05) is 11.7 Å². The van der Waals surface area contributed by atoms with Crippen LogP contribution in [0.1, 0.15) is 26.2 Å². The van der Waals surface area contributed by atoms with E-state index in [1.807, 2.05) is 42.5 Å². The summed E-state index contributed by atoms with van der Waals surface area (Å²) in [6.07, 6.45) is 4.12. The Bertz CT molecular complexity index is 531. The van der Waals surface area contributed by atoms with Gasteiger partial charge in [-0.05, 0) is 62.1 Å². The van der Waals surface area contributed by atoms with Crippen LogP contribution < -0.4 is 10.1 Å². The summed E-state index contributed by atoms with van der Waals surface area (Å²) in [4.78, 5) is 0. The molecule has 0 saturated heterocycles. The summed E-state index contributed by atoms with van der Waals surface area (Å²) >= 11 is 0. The van der Waals surface area contributed by atoms with Crippen LogP contribution in [0.5, 0.6) is 11.5 Å². The Morgan fingerprint density at radius 3 is 2.20 bits per heavy atom. The van der Waals surface area contributed by atoms with E-state index in [-0.39, 0.29) is 0 Å². The number of ether oxygens (including phenoxy) is 1. The Kier molecular flexibility index (Phi) is 3.91. The van der Waals surface area contributed by atoms with E-state index in [1.165, 1.54) is 24.9 Å². The summed E-state index contributed by atoms with van der Waals surface area (Å²) in [6.45, 7) is 2.28. The quantitative estimate of drug-likeness (QED) is 0.815. The van der Waals surface area contributed by atoms with E-state index in [9.17, 15) is 0 Å². The Morgan fingerprint density at radius 1 is 0.950 bits per heavy atom. The van der Waals surface area contributed by atoms with E-state index in [0.717, 1.165) is 17.4 Å². The SMILES string of the molecule is CC(Nc1ccc(Oc2ccccc2)cc1)C1CCC1. The van der Waals surface area contributed by atoms with Crippen LogP contribution >= 0.6 is 0 Å². The van der Waals surface area contributed by atoms with Crippen molar-refractivity contribution in [3.8, 4) is 11.5 Å². The van der Waals surface area contributed by atoms with E-state index >= 15 is 0 Å². The molecule has 1 unspecified atom stereocenters. The second-order valence-electron chi connectivity index (χ2n) is 5.56. The first-order chi connectivity index (χ1) is 9.81. The van der Waals surface area contributed by atoms with Crippen molar-refractivity contribution in [2.45, 2.75) is 32.2 Å². The third-order valence-electron chi connectivity index (χ3n) is 4.08. The average Bonchev–Trinajstić information content (AvgIpc) is 2.40. The Labute approximate surface area is 120 Å². The minimum Gasteiger partial charge on any atom is -0.457 e. The molecule has 1 aliphatic carbocycles. The highest BCUT2D eigenvalue weighted by molar-refractivity contribution is 5.48. The number of benzene rings is 2. The van der Waals surface area contributed by atoms with Gasteiger partial charge in [0.25, 0.3) is 0 Å². The Morgan fingerprint density at radius 2 is 1.60 bits per heavy atom. The van der Waals surface area contributed by atoms with Crippen molar-refractivity contribution in [2.75, 3.05) is 5.32 Å². The fourth-order valence-electron chi connectivity index (χ4n) is 2.56. The van der Waals surface area contributed by atoms with Gasteiger partial charge in [-0.2, -0.15) is 0 Å². The number of nitrogens with one attached hydrogen (secondary N) is 1. The lowest BCUT2D eigenvalue weighted by atomic mass is 9.80. The monoisotopic (exact) mass is 267 g/mol. The van der Waals surface area contributed by atoms with Gasteiger partial charge in [0.2, 0.25) is 0 Å². The summed E-state index contributed by atoms with van der Waals surface area (Å²) in [5.74, 6) is 2.59. The highest BCUT2D eigenvalue weighted by atomic mass is 16.5. The predicted octanol–water partition coefficient (Wildman–Crippen LogP) is 5.08. The van der Waals surface area contributed by atoms with Crippen LogP contribution in [0, 0.1) is 5.92 Å². The minimum absolute atomic E-state index is 0.560. The molecule has 1 atom stereocenters. The standard InChI is InChI=1S/C18H21NO/c1-14(15-6-5-7-15)19-16-10-12-18(13-11-16)20-17-8-3-2-4-9-17/h2-4,8-15,19H,5-7H2,1H3. The summed E-state index contributed by atoms with van der Waals surface area (Å²) in [5, 5.41) is 3.58. The summed E-state index contributed by atoms with van der Waals surface area (Å²) in [7, 11) is 0. The van der Waals surface area contributed by atoms with Crippen LogP contribution in [0.2, 0.25) is 0 Å². The average molecular weight is 267 g/mol. The smallest absolute Gasteiger partial charge is 0.127 e. The molecule has 3 rings (SSSR count). The first-order valence-electron chi connectivity index (χ1n) is 7.41. The molecule has 0 heterocycles. The molecule has 0 aromatic heterocycles. The largest absolute Gasteiger partial charge is 0.457 e. The minimum atomic E-state index is 0.560. The van der Waals surface area contributed by atoms with E-state index < -0.39 is 0 Å².